The van der Waals surface area contributed by atoms with Crippen molar-refractivity contribution in [3.05, 3.63) is 100 Å². The zero-order valence-electron chi connectivity index (χ0n) is 15.7. The summed E-state index contributed by atoms with van der Waals surface area (Å²) in [6.07, 6.45) is 0.916. The van der Waals surface area contributed by atoms with E-state index < -0.39 is 5.97 Å². The number of carboxylic acids is 1. The molecule has 0 radical (unpaired) electrons. The zero-order chi connectivity index (χ0) is 20.1. The van der Waals surface area contributed by atoms with Gasteiger partial charge in [-0.05, 0) is 64.9 Å². The van der Waals surface area contributed by atoms with Gasteiger partial charge in [0.2, 0.25) is 0 Å². The molecule has 1 aliphatic heterocycles. The molecule has 0 bridgehead atoms. The number of amidine groups is 1. The summed E-state index contributed by atoms with van der Waals surface area (Å²) in [5.74, 6) is -0.418. The molecule has 2 aliphatic rings. The number of anilines is 1. The van der Waals surface area contributed by atoms with Gasteiger partial charge in [0.25, 0.3) is 0 Å². The van der Waals surface area contributed by atoms with E-state index >= 15 is 0 Å². The first kappa shape index (κ1) is 17.5. The minimum absolute atomic E-state index is 0.00220. The van der Waals surface area contributed by atoms with Crippen LogP contribution in [0.4, 0.5) is 5.69 Å². The molecule has 1 heterocycles. The molecule has 3 atom stereocenters. The number of carboxylic acid groups (broad SMARTS) is 1. The van der Waals surface area contributed by atoms with Gasteiger partial charge in [-0.3, -0.25) is 5.41 Å². The van der Waals surface area contributed by atoms with E-state index in [9.17, 15) is 9.90 Å². The highest BCUT2D eigenvalue weighted by Gasteiger charge is 2.43. The first-order chi connectivity index (χ1) is 14.0. The molecular formula is C24H21N3O2. The fourth-order valence-corrected chi connectivity index (χ4v) is 4.92. The van der Waals surface area contributed by atoms with Crippen LogP contribution in [0.25, 0.3) is 0 Å². The molecule has 0 saturated heterocycles. The molecule has 0 fully saturated rings. The summed E-state index contributed by atoms with van der Waals surface area (Å²) in [4.78, 5) is 11.5. The highest BCUT2D eigenvalue weighted by Crippen LogP contribution is 2.53. The lowest BCUT2D eigenvalue weighted by atomic mass is 9.75. The first-order valence-electron chi connectivity index (χ1n) is 9.69. The average molecular weight is 383 g/mol. The molecule has 0 aromatic heterocycles. The number of hydrogen-bond donors (Lipinski definition) is 4. The second-order valence-corrected chi connectivity index (χ2v) is 7.81. The van der Waals surface area contributed by atoms with Gasteiger partial charge in [0.1, 0.15) is 5.84 Å². The number of nitrogens with two attached hydrogens (primary N) is 1. The number of nitrogen functional groups attached to an aromatic ring is 1. The van der Waals surface area contributed by atoms with Crippen LogP contribution in [0.2, 0.25) is 0 Å². The highest BCUT2D eigenvalue weighted by molar-refractivity contribution is 5.95. The van der Waals surface area contributed by atoms with Crippen LogP contribution in [0.3, 0.4) is 0 Å². The van der Waals surface area contributed by atoms with Crippen molar-refractivity contribution in [2.24, 2.45) is 11.7 Å². The van der Waals surface area contributed by atoms with Crippen LogP contribution in [0.1, 0.15) is 50.1 Å². The van der Waals surface area contributed by atoms with E-state index in [0.29, 0.717) is 5.56 Å². The molecule has 3 aromatic rings. The Balaban J connectivity index is 1.67. The standard InChI is InChI=1S/C24H21N3O2/c25-23(26)15-8-9-20-18(12-15)21-17-7-2-1-4-13(17)11-19(21)22(27-20)14-5-3-6-16(10-14)24(28)29/h1-10,12,19,21-22,27H,11H2,(H3,25,26)(H,28,29). The third kappa shape index (κ3) is 2.78. The van der Waals surface area contributed by atoms with Gasteiger partial charge in [0.15, 0.2) is 0 Å². The Labute approximate surface area is 168 Å². The molecule has 5 nitrogen and oxygen atoms in total. The SMILES string of the molecule is N=C(N)c1ccc2c(c1)C1c3ccccc3CC1C(c1cccc(C(=O)O)c1)N2. The summed E-state index contributed by atoms with van der Waals surface area (Å²) >= 11 is 0. The quantitative estimate of drug-likeness (QED) is 0.403. The minimum Gasteiger partial charge on any atom is -0.478 e. The molecule has 3 unspecified atom stereocenters. The lowest BCUT2D eigenvalue weighted by Crippen LogP contribution is -2.31. The Kier molecular flexibility index (Phi) is 3.91. The number of aromatic carboxylic acids is 1. The Hall–Kier alpha value is -3.60. The van der Waals surface area contributed by atoms with Crippen molar-refractivity contribution >= 4 is 17.5 Å². The predicted octanol–water partition coefficient (Wildman–Crippen LogP) is 4.14. The minimum atomic E-state index is -0.916. The molecule has 0 saturated carbocycles. The smallest absolute Gasteiger partial charge is 0.335 e. The van der Waals surface area contributed by atoms with Crippen molar-refractivity contribution < 1.29 is 9.90 Å². The summed E-state index contributed by atoms with van der Waals surface area (Å²) in [6, 6.07) is 21.6. The van der Waals surface area contributed by atoms with E-state index in [1.54, 1.807) is 12.1 Å². The van der Waals surface area contributed by atoms with Gasteiger partial charge < -0.3 is 16.2 Å². The maximum Gasteiger partial charge on any atom is 0.335 e. The van der Waals surface area contributed by atoms with Gasteiger partial charge in [-0.25, -0.2) is 4.79 Å². The molecule has 0 spiro atoms. The average Bonchev–Trinajstić information content (AvgIpc) is 3.12. The summed E-state index contributed by atoms with van der Waals surface area (Å²) in [7, 11) is 0. The molecule has 0 amide bonds. The molecule has 144 valence electrons. The summed E-state index contributed by atoms with van der Waals surface area (Å²) in [5.41, 5.74) is 12.5. The Morgan fingerprint density at radius 1 is 1.00 bits per heavy atom. The third-order valence-electron chi connectivity index (χ3n) is 6.20. The van der Waals surface area contributed by atoms with Gasteiger partial charge in [-0.15, -0.1) is 0 Å². The van der Waals surface area contributed by atoms with E-state index in [2.05, 4.69) is 29.6 Å². The van der Waals surface area contributed by atoms with Crippen molar-refractivity contribution in [3.8, 4) is 0 Å². The van der Waals surface area contributed by atoms with Gasteiger partial charge in [-0.2, -0.15) is 0 Å². The van der Waals surface area contributed by atoms with Crippen LogP contribution in [-0.4, -0.2) is 16.9 Å². The lowest BCUT2D eigenvalue weighted by Gasteiger charge is -2.38. The maximum atomic E-state index is 11.5. The third-order valence-corrected chi connectivity index (χ3v) is 6.20. The monoisotopic (exact) mass is 383 g/mol. The normalized spacial score (nSPS) is 21.4. The molecule has 1 aliphatic carbocycles. The fourth-order valence-electron chi connectivity index (χ4n) is 4.92. The molecular weight excluding hydrogens is 362 g/mol. The van der Waals surface area contributed by atoms with E-state index in [0.717, 1.165) is 28.8 Å². The van der Waals surface area contributed by atoms with E-state index in [4.69, 9.17) is 11.1 Å². The Bertz CT molecular complexity index is 1150. The van der Waals surface area contributed by atoms with Gasteiger partial charge in [-0.1, -0.05) is 36.4 Å². The summed E-state index contributed by atoms with van der Waals surface area (Å²) < 4.78 is 0. The van der Waals surface area contributed by atoms with Crippen molar-refractivity contribution in [1.29, 1.82) is 5.41 Å². The Morgan fingerprint density at radius 3 is 2.62 bits per heavy atom. The van der Waals surface area contributed by atoms with Crippen molar-refractivity contribution in [2.45, 2.75) is 18.4 Å². The molecule has 3 aromatic carbocycles. The largest absolute Gasteiger partial charge is 0.478 e. The van der Waals surface area contributed by atoms with E-state index in [-0.39, 0.29) is 23.7 Å². The molecule has 5 N–H and O–H groups in total. The molecule has 5 heteroatoms. The van der Waals surface area contributed by atoms with Crippen LogP contribution in [0.15, 0.2) is 66.7 Å². The van der Waals surface area contributed by atoms with Crippen LogP contribution in [0, 0.1) is 11.3 Å². The van der Waals surface area contributed by atoms with E-state index in [1.807, 2.05) is 30.3 Å². The summed E-state index contributed by atoms with van der Waals surface area (Å²) in [6.45, 7) is 0. The van der Waals surface area contributed by atoms with Crippen LogP contribution < -0.4 is 11.1 Å². The number of nitrogens with one attached hydrogen (secondary N) is 2. The molecule has 29 heavy (non-hydrogen) atoms. The highest BCUT2D eigenvalue weighted by atomic mass is 16.4. The first-order valence-corrected chi connectivity index (χ1v) is 9.69. The summed E-state index contributed by atoms with van der Waals surface area (Å²) in [5, 5.41) is 20.9. The topological polar surface area (TPSA) is 99.2 Å². The second-order valence-electron chi connectivity index (χ2n) is 7.81. The van der Waals surface area contributed by atoms with Crippen LogP contribution in [-0.2, 0) is 6.42 Å². The predicted molar refractivity (Wildman–Crippen MR) is 113 cm³/mol. The number of rotatable bonds is 3. The Morgan fingerprint density at radius 2 is 1.83 bits per heavy atom. The van der Waals surface area contributed by atoms with Crippen molar-refractivity contribution in [2.75, 3.05) is 5.32 Å². The zero-order valence-corrected chi connectivity index (χ0v) is 15.7. The number of benzene rings is 3. The van der Waals surface area contributed by atoms with Crippen LogP contribution >= 0.6 is 0 Å². The fraction of sp³-hybridized carbons (Fsp3) is 0.167. The molecule has 5 rings (SSSR count). The van der Waals surface area contributed by atoms with E-state index in [1.165, 1.54) is 11.1 Å². The van der Waals surface area contributed by atoms with Crippen LogP contribution in [0.5, 0.6) is 0 Å². The van der Waals surface area contributed by atoms with Gasteiger partial charge in [0, 0.05) is 17.2 Å². The van der Waals surface area contributed by atoms with Gasteiger partial charge in [0.05, 0.1) is 11.6 Å². The maximum absolute atomic E-state index is 11.5. The number of carbonyl (C=O) groups is 1. The van der Waals surface area contributed by atoms with Crippen molar-refractivity contribution in [3.63, 3.8) is 0 Å². The number of hydrogen-bond acceptors (Lipinski definition) is 3. The second kappa shape index (κ2) is 6.48. The lowest BCUT2D eigenvalue weighted by molar-refractivity contribution is 0.0696. The number of fused-ring (bicyclic) bond motifs is 5. The van der Waals surface area contributed by atoms with Crippen molar-refractivity contribution in [1.82, 2.24) is 0 Å². The van der Waals surface area contributed by atoms with Gasteiger partial charge >= 0.3 is 5.97 Å².